The molecule has 8 heteroatoms. The molecule has 1 N–H and O–H groups in total. The first-order valence-electron chi connectivity index (χ1n) is 8.95. The number of ether oxygens (including phenoxy) is 2. The normalized spacial score (nSPS) is 13.5. The smallest absolute Gasteiger partial charge is 0.415 e. The third kappa shape index (κ3) is 4.27. The van der Waals surface area contributed by atoms with E-state index in [-0.39, 0.29) is 11.9 Å². The van der Waals surface area contributed by atoms with Crippen LogP contribution in [-0.2, 0) is 0 Å². The van der Waals surface area contributed by atoms with Gasteiger partial charge in [0.25, 0.3) is 0 Å². The van der Waals surface area contributed by atoms with Crippen molar-refractivity contribution in [2.24, 2.45) is 0 Å². The average Bonchev–Trinajstić information content (AvgIpc) is 2.72. The van der Waals surface area contributed by atoms with E-state index in [1.165, 1.54) is 35.2 Å². The van der Waals surface area contributed by atoms with Crippen molar-refractivity contribution in [3.05, 3.63) is 77.9 Å². The fourth-order valence-electron chi connectivity index (χ4n) is 2.89. The molecule has 29 heavy (non-hydrogen) atoms. The Labute approximate surface area is 166 Å². The third-order valence-corrected chi connectivity index (χ3v) is 4.49. The minimum absolute atomic E-state index is 0.193. The predicted molar refractivity (Wildman–Crippen MR) is 105 cm³/mol. The number of likely N-dealkylation sites (tertiary alicyclic amines) is 1. The molecule has 0 saturated carbocycles. The van der Waals surface area contributed by atoms with Gasteiger partial charge in [-0.3, -0.25) is 0 Å². The zero-order valence-corrected chi connectivity index (χ0v) is 15.2. The molecule has 1 aromatic heterocycles. The molecule has 0 radical (unpaired) electrons. The van der Waals surface area contributed by atoms with Crippen LogP contribution in [0.2, 0.25) is 0 Å². The van der Waals surface area contributed by atoms with E-state index in [1.54, 1.807) is 42.0 Å². The number of pyridine rings is 1. The molecule has 0 atom stereocenters. The lowest BCUT2D eigenvalue weighted by molar-refractivity contribution is 0.0259. The van der Waals surface area contributed by atoms with Crippen LogP contribution in [0.25, 0.3) is 11.1 Å². The van der Waals surface area contributed by atoms with Gasteiger partial charge in [0.15, 0.2) is 0 Å². The molecule has 1 saturated heterocycles. The van der Waals surface area contributed by atoms with E-state index < -0.39 is 6.09 Å². The van der Waals surface area contributed by atoms with Crippen LogP contribution in [0.5, 0.6) is 11.6 Å². The summed E-state index contributed by atoms with van der Waals surface area (Å²) in [6, 6.07) is 16.0. The van der Waals surface area contributed by atoms with Crippen molar-refractivity contribution in [1.82, 2.24) is 9.88 Å². The van der Waals surface area contributed by atoms with Crippen LogP contribution in [0.4, 0.5) is 14.9 Å². The summed E-state index contributed by atoms with van der Waals surface area (Å²) in [6.07, 6.45) is 0.871. The average molecular weight is 394 g/mol. The van der Waals surface area contributed by atoms with Gasteiger partial charge in [0.05, 0.1) is 13.1 Å². The quantitative estimate of drug-likeness (QED) is 0.657. The van der Waals surface area contributed by atoms with Crippen LogP contribution < -0.4 is 15.0 Å². The van der Waals surface area contributed by atoms with Gasteiger partial charge in [0, 0.05) is 29.1 Å². The Bertz CT molecular complexity index is 990. The lowest BCUT2D eigenvalue weighted by Gasteiger charge is -2.37. The van der Waals surface area contributed by atoms with Crippen molar-refractivity contribution in [2.75, 3.05) is 18.6 Å². The maximum atomic E-state index is 13.8. The molecular formula is C21H17FN3O4-. The Hall–Kier alpha value is -3.65. The minimum atomic E-state index is -0.490. The van der Waals surface area contributed by atoms with Gasteiger partial charge in [-0.2, -0.15) is 0 Å². The molecular weight excluding hydrogens is 377 g/mol. The summed E-state index contributed by atoms with van der Waals surface area (Å²) < 4.78 is 24.8. The van der Waals surface area contributed by atoms with Crippen molar-refractivity contribution in [3.63, 3.8) is 0 Å². The highest BCUT2D eigenvalue weighted by atomic mass is 19.1. The fraction of sp³-hybridized carbons (Fsp3) is 0.143. The summed E-state index contributed by atoms with van der Waals surface area (Å²) in [5, 5.41) is 10.5. The molecule has 1 aliphatic rings. The van der Waals surface area contributed by atoms with Crippen molar-refractivity contribution < 1.29 is 18.7 Å². The second-order valence-electron chi connectivity index (χ2n) is 6.50. The van der Waals surface area contributed by atoms with Gasteiger partial charge < -0.3 is 25.1 Å². The number of rotatable bonds is 5. The fourth-order valence-corrected chi connectivity index (χ4v) is 2.89. The molecule has 3 aromatic rings. The predicted octanol–water partition coefficient (Wildman–Crippen LogP) is 4.06. The van der Waals surface area contributed by atoms with E-state index in [2.05, 4.69) is 4.98 Å². The number of carbonyl (C=O) groups is 1. The largest absolute Gasteiger partial charge is 0.761 e. The lowest BCUT2D eigenvalue weighted by Crippen LogP contribution is -2.57. The zero-order chi connectivity index (χ0) is 20.2. The first-order valence-corrected chi connectivity index (χ1v) is 8.95. The molecule has 148 valence electrons. The molecule has 7 nitrogen and oxygen atoms in total. The second kappa shape index (κ2) is 8.15. The molecule has 4 rings (SSSR count). The van der Waals surface area contributed by atoms with E-state index in [0.717, 1.165) is 0 Å². The van der Waals surface area contributed by atoms with E-state index >= 15 is 0 Å². The van der Waals surface area contributed by atoms with E-state index in [0.29, 0.717) is 41.5 Å². The highest BCUT2D eigenvalue weighted by Gasteiger charge is 2.34. The molecule has 0 aliphatic carbocycles. The van der Waals surface area contributed by atoms with Gasteiger partial charge in [-0.1, -0.05) is 18.2 Å². The number of hydrogen-bond acceptors (Lipinski definition) is 6. The summed E-state index contributed by atoms with van der Waals surface area (Å²) in [5.74, 6) is 0.447. The van der Waals surface area contributed by atoms with Crippen molar-refractivity contribution in [2.45, 2.75) is 6.10 Å². The number of benzene rings is 2. The Morgan fingerprint density at radius 2 is 1.86 bits per heavy atom. The Morgan fingerprint density at radius 3 is 2.52 bits per heavy atom. The number of anilines is 1. The maximum Gasteiger partial charge on any atom is 0.415 e. The third-order valence-electron chi connectivity index (χ3n) is 4.49. The van der Waals surface area contributed by atoms with Crippen molar-refractivity contribution >= 4 is 11.8 Å². The number of halogens is 1. The van der Waals surface area contributed by atoms with Gasteiger partial charge in [-0.15, -0.1) is 0 Å². The van der Waals surface area contributed by atoms with Gasteiger partial charge in [0.2, 0.25) is 5.88 Å². The highest BCUT2D eigenvalue weighted by molar-refractivity contribution is 5.72. The van der Waals surface area contributed by atoms with Gasteiger partial charge in [-0.25, -0.2) is 14.2 Å². The number of amides is 1. The summed E-state index contributed by atoms with van der Waals surface area (Å²) in [6.45, 7) is 0.742. The summed E-state index contributed by atoms with van der Waals surface area (Å²) in [5.41, 5.74) is 3.27. The summed E-state index contributed by atoms with van der Waals surface area (Å²) in [4.78, 5) is 17.8. The monoisotopic (exact) mass is 394 g/mol. The van der Waals surface area contributed by atoms with Crippen LogP contribution in [0.3, 0.4) is 0 Å². The number of nitrogens with one attached hydrogen (secondary N) is 1. The minimum Gasteiger partial charge on any atom is -0.761 e. The number of carbonyl (C=O) groups excluding carboxylic acids is 1. The van der Waals surface area contributed by atoms with Crippen LogP contribution in [0.15, 0.2) is 66.9 Å². The van der Waals surface area contributed by atoms with Crippen LogP contribution in [0, 0.1) is 11.0 Å². The van der Waals surface area contributed by atoms with Crippen LogP contribution >= 0.6 is 0 Å². The molecule has 2 heterocycles. The second-order valence-corrected chi connectivity index (χ2v) is 6.50. The van der Waals surface area contributed by atoms with Gasteiger partial charge in [0.1, 0.15) is 17.7 Å². The van der Waals surface area contributed by atoms with Gasteiger partial charge >= 0.3 is 6.09 Å². The molecule has 1 fully saturated rings. The molecule has 2 aromatic carbocycles. The summed E-state index contributed by atoms with van der Waals surface area (Å²) in [7, 11) is 0. The first kappa shape index (κ1) is 18.7. The standard InChI is InChI=1S/C21H17FN3O4/c22-19-4-2-1-3-18(19)14-5-10-20(23-11-14)28-17-12-25(13-17)21(26)29-16-8-6-15(24-27)7-9-16/h1-11,17,24H,12-13H2/q-1. The first-order chi connectivity index (χ1) is 14.1. The molecule has 0 bridgehead atoms. The topological polar surface area (TPSA) is 86.8 Å². The zero-order valence-electron chi connectivity index (χ0n) is 15.2. The SMILES string of the molecule is O=C(Oc1ccc(N[O-])cc1)N1CC(Oc2ccc(-c3ccccc3F)cn2)C1. The highest BCUT2D eigenvalue weighted by Crippen LogP contribution is 2.24. The number of hydrogen-bond donors (Lipinski definition) is 1. The van der Waals surface area contributed by atoms with E-state index in [9.17, 15) is 14.4 Å². The lowest BCUT2D eigenvalue weighted by atomic mass is 10.1. The maximum absolute atomic E-state index is 13.8. The molecule has 1 amide bonds. The van der Waals surface area contributed by atoms with Crippen LogP contribution in [-0.4, -0.2) is 35.2 Å². The molecule has 1 aliphatic heterocycles. The Balaban J connectivity index is 1.28. The van der Waals surface area contributed by atoms with E-state index in [4.69, 9.17) is 9.47 Å². The Morgan fingerprint density at radius 1 is 1.10 bits per heavy atom. The van der Waals surface area contributed by atoms with E-state index in [1.807, 2.05) is 0 Å². The molecule has 0 unspecified atom stereocenters. The Kier molecular flexibility index (Phi) is 5.26. The number of nitrogens with zero attached hydrogens (tertiary/aromatic N) is 2. The number of aromatic nitrogens is 1. The van der Waals surface area contributed by atoms with Crippen molar-refractivity contribution in [3.8, 4) is 22.8 Å². The van der Waals surface area contributed by atoms with Crippen LogP contribution in [0.1, 0.15) is 0 Å². The van der Waals surface area contributed by atoms with Crippen molar-refractivity contribution in [1.29, 1.82) is 0 Å². The van der Waals surface area contributed by atoms with Gasteiger partial charge in [-0.05, 0) is 36.4 Å². The molecule has 0 spiro atoms. The summed E-state index contributed by atoms with van der Waals surface area (Å²) >= 11 is 0.